The number of carbonyl (C=O) groups excluding carboxylic acids is 3. The third-order valence-electron chi connectivity index (χ3n) is 7.55. The molecule has 1 heterocycles. The van der Waals surface area contributed by atoms with Crippen molar-refractivity contribution in [2.45, 2.75) is 91.0 Å². The van der Waals surface area contributed by atoms with Crippen LogP contribution in [0.2, 0.25) is 0 Å². The molecule has 1 aromatic heterocycles. The number of hydrogen-bond donors (Lipinski definition) is 0. The Hall–Kier alpha value is -3.27. The number of esters is 1. The van der Waals surface area contributed by atoms with E-state index < -0.39 is 22.0 Å². The summed E-state index contributed by atoms with van der Waals surface area (Å²) >= 11 is 0. The van der Waals surface area contributed by atoms with E-state index in [-0.39, 0.29) is 47.4 Å². The first-order valence-corrected chi connectivity index (χ1v) is 16.8. The Kier molecular flexibility index (Phi) is 12.3. The van der Waals surface area contributed by atoms with E-state index in [2.05, 4.69) is 32.1 Å². The molecule has 3 rings (SSSR count). The van der Waals surface area contributed by atoms with Crippen LogP contribution in [0.25, 0.3) is 0 Å². The molecule has 10 heteroatoms. The van der Waals surface area contributed by atoms with Crippen LogP contribution in [0, 0.1) is 24.7 Å². The Morgan fingerprint density at radius 1 is 0.953 bits per heavy atom. The minimum Gasteiger partial charge on any atom is -0.466 e. The molecule has 0 aliphatic heterocycles. The van der Waals surface area contributed by atoms with Crippen LogP contribution in [0.1, 0.15) is 95.1 Å². The SMILES string of the molecule is CCOC(=O)CCC(C(=O)C1CC1)n1cc(C(=O)N(CCC(C)C)CCC(C)C)ccc1=NS(=O)(=O)c1ccc(C)cc1. The average molecular weight is 614 g/mol. The third-order valence-corrected chi connectivity index (χ3v) is 8.84. The van der Waals surface area contributed by atoms with Gasteiger partial charge in [0.1, 0.15) is 5.49 Å². The molecule has 0 N–H and O–H groups in total. The molecule has 236 valence electrons. The van der Waals surface area contributed by atoms with Gasteiger partial charge in [-0.15, -0.1) is 4.40 Å². The zero-order valence-electron chi connectivity index (χ0n) is 26.4. The summed E-state index contributed by atoms with van der Waals surface area (Å²) in [6.45, 7) is 13.4. The molecule has 1 unspecified atom stereocenters. The minimum atomic E-state index is -4.14. The summed E-state index contributed by atoms with van der Waals surface area (Å²) in [5, 5.41) is 0. The fraction of sp³-hybridized carbons (Fsp3) is 0.576. The first kappa shape index (κ1) is 34.2. The molecule has 0 radical (unpaired) electrons. The molecular weight excluding hydrogens is 566 g/mol. The molecule has 2 aromatic rings. The van der Waals surface area contributed by atoms with Crippen LogP contribution in [-0.2, 0) is 24.3 Å². The van der Waals surface area contributed by atoms with Gasteiger partial charge in [-0.05, 0) is 82.1 Å². The number of carbonyl (C=O) groups is 3. The van der Waals surface area contributed by atoms with Crippen LogP contribution in [0.4, 0.5) is 0 Å². The number of hydrogen-bond acceptors (Lipinski definition) is 6. The Bertz CT molecular complexity index is 1430. The number of aromatic nitrogens is 1. The zero-order valence-corrected chi connectivity index (χ0v) is 27.2. The highest BCUT2D eigenvalue weighted by atomic mass is 32.2. The van der Waals surface area contributed by atoms with Crippen molar-refractivity contribution >= 4 is 27.7 Å². The van der Waals surface area contributed by atoms with E-state index in [0.29, 0.717) is 30.5 Å². The minimum absolute atomic E-state index is 0.0231. The number of benzene rings is 1. The Labute approximate surface area is 256 Å². The van der Waals surface area contributed by atoms with E-state index in [1.807, 2.05) is 11.8 Å². The molecule has 0 saturated heterocycles. The molecule has 0 spiro atoms. The predicted octanol–water partition coefficient (Wildman–Crippen LogP) is 5.48. The van der Waals surface area contributed by atoms with E-state index >= 15 is 0 Å². The van der Waals surface area contributed by atoms with Crippen molar-refractivity contribution in [2.24, 2.45) is 22.2 Å². The highest BCUT2D eigenvalue weighted by Gasteiger charge is 2.36. The van der Waals surface area contributed by atoms with Gasteiger partial charge in [-0.1, -0.05) is 45.4 Å². The van der Waals surface area contributed by atoms with Gasteiger partial charge in [0.05, 0.1) is 23.1 Å². The first-order valence-electron chi connectivity index (χ1n) is 15.4. The first-order chi connectivity index (χ1) is 20.3. The maximum Gasteiger partial charge on any atom is 0.305 e. The van der Waals surface area contributed by atoms with Crippen LogP contribution in [0.3, 0.4) is 0 Å². The van der Waals surface area contributed by atoms with Gasteiger partial charge in [-0.3, -0.25) is 14.4 Å². The van der Waals surface area contributed by atoms with Gasteiger partial charge in [0.2, 0.25) is 0 Å². The second-order valence-electron chi connectivity index (χ2n) is 12.3. The van der Waals surface area contributed by atoms with Crippen LogP contribution in [-0.4, -0.2) is 55.2 Å². The average Bonchev–Trinajstić information content (AvgIpc) is 3.79. The third kappa shape index (κ3) is 10.2. The standard InChI is InChI=1S/C33H47N3O6S/c1-7-42-31(37)17-15-29(32(38)26-10-11-26)36-22-27(33(39)35(20-18-23(2)3)21-19-24(4)5)12-16-30(36)34-43(40,41)28-13-8-25(6)9-14-28/h8-9,12-14,16,22-24,26,29H,7,10-11,15,17-21H2,1-6H3. The molecule has 1 aromatic carbocycles. The summed E-state index contributed by atoms with van der Waals surface area (Å²) in [6, 6.07) is 8.55. The van der Waals surface area contributed by atoms with Crippen molar-refractivity contribution in [1.82, 2.24) is 9.47 Å². The molecule has 1 atom stereocenters. The van der Waals surface area contributed by atoms with Gasteiger partial charge in [-0.2, -0.15) is 8.42 Å². The highest BCUT2D eigenvalue weighted by molar-refractivity contribution is 7.90. The lowest BCUT2D eigenvalue weighted by molar-refractivity contribution is -0.143. The van der Waals surface area contributed by atoms with Crippen LogP contribution >= 0.6 is 0 Å². The number of nitrogens with zero attached hydrogens (tertiary/aromatic N) is 3. The Morgan fingerprint density at radius 2 is 1.56 bits per heavy atom. The number of amides is 1. The lowest BCUT2D eigenvalue weighted by Crippen LogP contribution is -2.37. The van der Waals surface area contributed by atoms with Crippen molar-refractivity contribution in [2.75, 3.05) is 19.7 Å². The van der Waals surface area contributed by atoms with Gasteiger partial charge in [-0.25, -0.2) is 0 Å². The van der Waals surface area contributed by atoms with E-state index in [0.717, 1.165) is 31.2 Å². The van der Waals surface area contributed by atoms with Gasteiger partial charge >= 0.3 is 5.97 Å². The molecule has 43 heavy (non-hydrogen) atoms. The maximum absolute atomic E-state index is 13.9. The van der Waals surface area contributed by atoms with Crippen molar-refractivity contribution in [3.05, 3.63) is 59.2 Å². The lowest BCUT2D eigenvalue weighted by atomic mass is 10.0. The summed E-state index contributed by atoms with van der Waals surface area (Å²) in [7, 11) is -4.14. The van der Waals surface area contributed by atoms with Gasteiger partial charge in [0.15, 0.2) is 5.78 Å². The number of aryl methyl sites for hydroxylation is 1. The summed E-state index contributed by atoms with van der Waals surface area (Å²) in [5.41, 5.74) is 1.27. The molecule has 1 aliphatic rings. The number of ketones is 1. The highest BCUT2D eigenvalue weighted by Crippen LogP contribution is 2.35. The fourth-order valence-electron chi connectivity index (χ4n) is 4.72. The number of rotatable bonds is 16. The van der Waals surface area contributed by atoms with Crippen molar-refractivity contribution in [3.8, 4) is 0 Å². The lowest BCUT2D eigenvalue weighted by Gasteiger charge is -2.26. The van der Waals surface area contributed by atoms with Crippen LogP contribution < -0.4 is 5.49 Å². The number of Topliss-reactive ketones (excluding diaryl/α,β-unsaturated/α-hetero) is 1. The largest absolute Gasteiger partial charge is 0.466 e. The molecular formula is C33H47N3O6S. The molecule has 1 amide bonds. The second kappa shape index (κ2) is 15.5. The quantitative estimate of drug-likeness (QED) is 0.232. The van der Waals surface area contributed by atoms with Crippen molar-refractivity contribution < 1.29 is 27.5 Å². The summed E-state index contributed by atoms with van der Waals surface area (Å²) in [5.74, 6) is -0.0743. The summed E-state index contributed by atoms with van der Waals surface area (Å²) in [6.07, 6.45) is 4.78. The molecule has 1 aliphatic carbocycles. The second-order valence-corrected chi connectivity index (χ2v) is 13.9. The maximum atomic E-state index is 13.9. The Morgan fingerprint density at radius 3 is 2.09 bits per heavy atom. The number of sulfonamides is 1. The van der Waals surface area contributed by atoms with E-state index in [1.165, 1.54) is 22.8 Å². The molecule has 9 nitrogen and oxygen atoms in total. The monoisotopic (exact) mass is 613 g/mol. The molecule has 0 bridgehead atoms. The van der Waals surface area contributed by atoms with E-state index in [1.54, 1.807) is 31.3 Å². The van der Waals surface area contributed by atoms with Gasteiger partial charge in [0, 0.05) is 31.6 Å². The molecule has 1 fully saturated rings. The zero-order chi connectivity index (χ0) is 31.7. The van der Waals surface area contributed by atoms with Gasteiger partial charge < -0.3 is 14.2 Å². The van der Waals surface area contributed by atoms with E-state index in [4.69, 9.17) is 4.74 Å². The number of pyridine rings is 1. The predicted molar refractivity (Wildman–Crippen MR) is 166 cm³/mol. The van der Waals surface area contributed by atoms with Crippen molar-refractivity contribution in [1.29, 1.82) is 0 Å². The van der Waals surface area contributed by atoms with E-state index in [9.17, 15) is 22.8 Å². The van der Waals surface area contributed by atoms with Crippen molar-refractivity contribution in [3.63, 3.8) is 0 Å². The smallest absolute Gasteiger partial charge is 0.305 e. The summed E-state index contributed by atoms with van der Waals surface area (Å²) in [4.78, 5) is 41.6. The number of ether oxygens (including phenoxy) is 1. The topological polar surface area (TPSA) is 115 Å². The molecule has 1 saturated carbocycles. The Balaban J connectivity index is 2.14. The van der Waals surface area contributed by atoms with Crippen LogP contribution in [0.5, 0.6) is 0 Å². The van der Waals surface area contributed by atoms with Gasteiger partial charge in [0.25, 0.3) is 15.9 Å². The summed E-state index contributed by atoms with van der Waals surface area (Å²) < 4.78 is 37.5. The van der Waals surface area contributed by atoms with Crippen LogP contribution in [0.15, 0.2) is 51.9 Å². The fourth-order valence-corrected chi connectivity index (χ4v) is 5.71. The normalized spacial score (nSPS) is 14.7.